The lowest BCUT2D eigenvalue weighted by molar-refractivity contribution is 0.0955. The highest BCUT2D eigenvalue weighted by Crippen LogP contribution is 2.33. The maximum absolute atomic E-state index is 12.0. The smallest absolute Gasteiger partial charge is 0.271 e. The summed E-state index contributed by atoms with van der Waals surface area (Å²) in [4.78, 5) is 15.9. The Kier molecular flexibility index (Phi) is 8.06. The van der Waals surface area contributed by atoms with Crippen molar-refractivity contribution in [3.63, 3.8) is 0 Å². The van der Waals surface area contributed by atoms with E-state index in [-0.39, 0.29) is 5.91 Å². The number of carbonyl (C=O) groups excluding carboxylic acids is 1. The molecule has 1 saturated carbocycles. The minimum Gasteiger partial charge on any atom is -0.490 e. The SMILES string of the molecule is O=C(N/N=C\c1cccc(OCCOc2ccc(C3CCCCC3)cc2)c1)c1ccncc1. The fourth-order valence-corrected chi connectivity index (χ4v) is 4.01. The van der Waals surface area contributed by atoms with Crippen LogP contribution in [0, 0.1) is 0 Å². The summed E-state index contributed by atoms with van der Waals surface area (Å²) >= 11 is 0. The van der Waals surface area contributed by atoms with Crippen LogP contribution in [-0.4, -0.2) is 30.3 Å². The third-order valence-corrected chi connectivity index (χ3v) is 5.76. The first-order valence-corrected chi connectivity index (χ1v) is 11.5. The summed E-state index contributed by atoms with van der Waals surface area (Å²) in [7, 11) is 0. The highest BCUT2D eigenvalue weighted by molar-refractivity contribution is 5.94. The van der Waals surface area contributed by atoms with E-state index in [2.05, 4.69) is 39.8 Å². The van der Waals surface area contributed by atoms with Gasteiger partial charge in [0.1, 0.15) is 24.7 Å². The van der Waals surface area contributed by atoms with E-state index in [4.69, 9.17) is 9.47 Å². The molecule has 1 N–H and O–H groups in total. The Morgan fingerprint density at radius 2 is 1.67 bits per heavy atom. The number of nitrogens with one attached hydrogen (secondary N) is 1. The summed E-state index contributed by atoms with van der Waals surface area (Å²) in [6.45, 7) is 0.896. The second-order valence-corrected chi connectivity index (χ2v) is 8.11. The molecule has 170 valence electrons. The third kappa shape index (κ3) is 6.91. The van der Waals surface area contributed by atoms with E-state index >= 15 is 0 Å². The van der Waals surface area contributed by atoms with Crippen LogP contribution in [0.25, 0.3) is 0 Å². The predicted molar refractivity (Wildman–Crippen MR) is 129 cm³/mol. The van der Waals surface area contributed by atoms with Crippen molar-refractivity contribution < 1.29 is 14.3 Å². The van der Waals surface area contributed by atoms with Gasteiger partial charge >= 0.3 is 0 Å². The average molecular weight is 444 g/mol. The molecule has 3 aromatic rings. The van der Waals surface area contributed by atoms with Gasteiger partial charge in [0.15, 0.2) is 0 Å². The van der Waals surface area contributed by atoms with Gasteiger partial charge in [-0.2, -0.15) is 5.10 Å². The maximum atomic E-state index is 12.0. The summed E-state index contributed by atoms with van der Waals surface area (Å²) < 4.78 is 11.6. The molecule has 0 spiro atoms. The van der Waals surface area contributed by atoms with Gasteiger partial charge in [-0.05, 0) is 66.3 Å². The van der Waals surface area contributed by atoms with E-state index in [1.165, 1.54) is 37.7 Å². The van der Waals surface area contributed by atoms with E-state index in [0.717, 1.165) is 17.1 Å². The number of ether oxygens (including phenoxy) is 2. The first kappa shape index (κ1) is 22.5. The number of rotatable bonds is 9. The molecule has 1 fully saturated rings. The van der Waals surface area contributed by atoms with Crippen LogP contribution in [0.4, 0.5) is 0 Å². The molecule has 1 aliphatic carbocycles. The lowest BCUT2D eigenvalue weighted by Gasteiger charge is -2.22. The Morgan fingerprint density at radius 3 is 2.42 bits per heavy atom. The fourth-order valence-electron chi connectivity index (χ4n) is 4.01. The monoisotopic (exact) mass is 443 g/mol. The van der Waals surface area contributed by atoms with Crippen molar-refractivity contribution in [3.05, 3.63) is 89.7 Å². The van der Waals surface area contributed by atoms with Gasteiger partial charge in [0.05, 0.1) is 6.21 Å². The van der Waals surface area contributed by atoms with E-state index in [9.17, 15) is 4.79 Å². The minimum atomic E-state index is -0.287. The number of benzene rings is 2. The second-order valence-electron chi connectivity index (χ2n) is 8.11. The molecular formula is C27H29N3O3. The first-order valence-electron chi connectivity index (χ1n) is 11.5. The molecule has 6 nitrogen and oxygen atoms in total. The van der Waals surface area contributed by atoms with Crippen molar-refractivity contribution in [2.24, 2.45) is 5.10 Å². The van der Waals surface area contributed by atoms with Gasteiger partial charge in [-0.1, -0.05) is 43.5 Å². The number of hydrazone groups is 1. The molecule has 1 aliphatic rings. The van der Waals surface area contributed by atoms with Crippen LogP contribution in [0.5, 0.6) is 11.5 Å². The summed E-state index contributed by atoms with van der Waals surface area (Å²) in [6.07, 6.45) is 11.4. The molecule has 0 aliphatic heterocycles. The molecule has 1 aromatic heterocycles. The molecule has 33 heavy (non-hydrogen) atoms. The Balaban J connectivity index is 1.20. The fraction of sp³-hybridized carbons (Fsp3) is 0.296. The minimum absolute atomic E-state index is 0.287. The Bertz CT molecular complexity index is 1050. The van der Waals surface area contributed by atoms with E-state index in [1.807, 2.05) is 24.3 Å². The number of hydrogen-bond donors (Lipinski definition) is 1. The predicted octanol–water partition coefficient (Wildman–Crippen LogP) is 5.35. The molecule has 1 heterocycles. The lowest BCUT2D eigenvalue weighted by Crippen LogP contribution is -2.17. The number of amides is 1. The molecule has 6 heteroatoms. The zero-order valence-electron chi connectivity index (χ0n) is 18.7. The Labute approximate surface area is 194 Å². The number of nitrogens with zero attached hydrogens (tertiary/aromatic N) is 2. The van der Waals surface area contributed by atoms with Gasteiger partial charge in [0.25, 0.3) is 5.91 Å². The summed E-state index contributed by atoms with van der Waals surface area (Å²) in [6, 6.07) is 19.3. The molecule has 1 amide bonds. The topological polar surface area (TPSA) is 72.8 Å². The molecule has 0 radical (unpaired) electrons. The molecule has 0 atom stereocenters. The quantitative estimate of drug-likeness (QED) is 0.275. The van der Waals surface area contributed by atoms with Crippen molar-refractivity contribution in [3.8, 4) is 11.5 Å². The standard InChI is InChI=1S/C27H29N3O3/c31-27(24-13-15-28-16-14-24)30-29-20-21-5-4-8-26(19-21)33-18-17-32-25-11-9-23(10-12-25)22-6-2-1-3-7-22/h4-5,8-16,19-20,22H,1-3,6-7,17-18H2,(H,30,31)/b29-20-. The van der Waals surface area contributed by atoms with Crippen LogP contribution in [-0.2, 0) is 0 Å². The Hall–Kier alpha value is -3.67. The molecule has 4 rings (SSSR count). The van der Waals surface area contributed by atoms with Crippen LogP contribution in [0.2, 0.25) is 0 Å². The Morgan fingerprint density at radius 1 is 0.939 bits per heavy atom. The summed E-state index contributed by atoms with van der Waals surface area (Å²) in [5.74, 6) is 2.00. The summed E-state index contributed by atoms with van der Waals surface area (Å²) in [5, 5.41) is 4.01. The highest BCUT2D eigenvalue weighted by atomic mass is 16.5. The van der Waals surface area contributed by atoms with Crippen LogP contribution < -0.4 is 14.9 Å². The molecule has 0 unspecified atom stereocenters. The van der Waals surface area contributed by atoms with Crippen molar-refractivity contribution in [2.75, 3.05) is 13.2 Å². The number of carbonyl (C=O) groups is 1. The van der Waals surface area contributed by atoms with Gasteiger partial charge in [-0.15, -0.1) is 0 Å². The third-order valence-electron chi connectivity index (χ3n) is 5.76. The van der Waals surface area contributed by atoms with Crippen LogP contribution in [0.15, 0.2) is 78.2 Å². The van der Waals surface area contributed by atoms with Crippen LogP contribution in [0.3, 0.4) is 0 Å². The second kappa shape index (κ2) is 11.8. The average Bonchev–Trinajstić information content (AvgIpc) is 2.88. The number of aromatic nitrogens is 1. The van der Waals surface area contributed by atoms with Crippen molar-refractivity contribution >= 4 is 12.1 Å². The number of hydrogen-bond acceptors (Lipinski definition) is 5. The largest absolute Gasteiger partial charge is 0.490 e. The number of pyridine rings is 1. The maximum Gasteiger partial charge on any atom is 0.271 e. The molecule has 2 aromatic carbocycles. The van der Waals surface area contributed by atoms with E-state index in [1.54, 1.807) is 30.7 Å². The van der Waals surface area contributed by atoms with Gasteiger partial charge < -0.3 is 9.47 Å². The molecule has 0 bridgehead atoms. The van der Waals surface area contributed by atoms with Crippen molar-refractivity contribution in [2.45, 2.75) is 38.0 Å². The highest BCUT2D eigenvalue weighted by Gasteiger charge is 2.15. The van der Waals surface area contributed by atoms with E-state index in [0.29, 0.717) is 24.7 Å². The van der Waals surface area contributed by atoms with Crippen LogP contribution in [0.1, 0.15) is 59.5 Å². The van der Waals surface area contributed by atoms with Gasteiger partial charge in [-0.3, -0.25) is 9.78 Å². The van der Waals surface area contributed by atoms with E-state index < -0.39 is 0 Å². The lowest BCUT2D eigenvalue weighted by atomic mass is 9.84. The van der Waals surface area contributed by atoms with Crippen molar-refractivity contribution in [1.82, 2.24) is 10.4 Å². The van der Waals surface area contributed by atoms with Crippen LogP contribution >= 0.6 is 0 Å². The first-order chi connectivity index (χ1) is 16.3. The summed E-state index contributed by atoms with van der Waals surface area (Å²) in [5.41, 5.74) is 5.25. The molecule has 0 saturated heterocycles. The van der Waals surface area contributed by atoms with Gasteiger partial charge in [0, 0.05) is 18.0 Å². The van der Waals surface area contributed by atoms with Gasteiger partial charge in [0.2, 0.25) is 0 Å². The zero-order chi connectivity index (χ0) is 22.7. The molecular weight excluding hydrogens is 414 g/mol. The normalized spacial score (nSPS) is 14.2. The zero-order valence-corrected chi connectivity index (χ0v) is 18.7. The van der Waals surface area contributed by atoms with Gasteiger partial charge in [-0.25, -0.2) is 5.43 Å². The van der Waals surface area contributed by atoms with Crippen molar-refractivity contribution in [1.29, 1.82) is 0 Å².